The standard InChI is InChI=1S/C7H14O6S2/c1-6(2)15(12,13)4-3-14(10,11)5-7(8)9/h6H,3-5H2,1-2H3,(H,8,9). The summed E-state index contributed by atoms with van der Waals surface area (Å²) in [6.07, 6.45) is 0. The number of aliphatic carboxylic acids is 1. The first-order chi connectivity index (χ1) is 6.57. The lowest BCUT2D eigenvalue weighted by Gasteiger charge is -2.06. The van der Waals surface area contributed by atoms with Crippen LogP contribution in [0.5, 0.6) is 0 Å². The van der Waals surface area contributed by atoms with E-state index in [0.717, 1.165) is 0 Å². The zero-order chi connectivity index (χ0) is 12.3. The monoisotopic (exact) mass is 258 g/mol. The van der Waals surface area contributed by atoms with Crippen molar-refractivity contribution in [1.82, 2.24) is 0 Å². The maximum Gasteiger partial charge on any atom is 0.318 e. The summed E-state index contributed by atoms with van der Waals surface area (Å²) in [5.41, 5.74) is 0. The average Bonchev–Trinajstić information content (AvgIpc) is 1.98. The fourth-order valence-electron chi connectivity index (χ4n) is 0.739. The van der Waals surface area contributed by atoms with Crippen molar-refractivity contribution >= 4 is 25.6 Å². The van der Waals surface area contributed by atoms with Crippen molar-refractivity contribution in [3.05, 3.63) is 0 Å². The molecule has 1 N–H and O–H groups in total. The van der Waals surface area contributed by atoms with Crippen molar-refractivity contribution in [1.29, 1.82) is 0 Å². The first-order valence-electron chi connectivity index (χ1n) is 4.20. The summed E-state index contributed by atoms with van der Waals surface area (Å²) in [5.74, 6) is -3.67. The third-order valence-corrected chi connectivity index (χ3v) is 5.72. The Hall–Kier alpha value is -0.630. The lowest BCUT2D eigenvalue weighted by Crippen LogP contribution is -2.26. The highest BCUT2D eigenvalue weighted by atomic mass is 32.2. The molecule has 0 heterocycles. The summed E-state index contributed by atoms with van der Waals surface area (Å²) >= 11 is 0. The minimum absolute atomic E-state index is 0.527. The van der Waals surface area contributed by atoms with Crippen molar-refractivity contribution in [2.75, 3.05) is 17.3 Å². The highest BCUT2D eigenvalue weighted by molar-refractivity contribution is 7.95. The van der Waals surface area contributed by atoms with E-state index in [0.29, 0.717) is 0 Å². The molecule has 0 rings (SSSR count). The van der Waals surface area contributed by atoms with Crippen LogP contribution in [0.25, 0.3) is 0 Å². The minimum atomic E-state index is -3.83. The van der Waals surface area contributed by atoms with Gasteiger partial charge in [0.1, 0.15) is 5.75 Å². The lowest BCUT2D eigenvalue weighted by molar-refractivity contribution is -0.134. The Morgan fingerprint density at radius 2 is 1.60 bits per heavy atom. The van der Waals surface area contributed by atoms with Crippen LogP contribution in [-0.2, 0) is 24.5 Å². The number of carbonyl (C=O) groups is 1. The van der Waals surface area contributed by atoms with Crippen molar-refractivity contribution in [3.8, 4) is 0 Å². The summed E-state index contributed by atoms with van der Waals surface area (Å²) in [6, 6.07) is 0. The number of hydrogen-bond acceptors (Lipinski definition) is 5. The van der Waals surface area contributed by atoms with Gasteiger partial charge in [0.05, 0.1) is 16.8 Å². The Morgan fingerprint density at radius 1 is 1.13 bits per heavy atom. The SMILES string of the molecule is CC(C)S(=O)(=O)CCS(=O)(=O)CC(=O)O. The molecule has 0 bridgehead atoms. The summed E-state index contributed by atoms with van der Waals surface area (Å²) in [5, 5.41) is 7.60. The van der Waals surface area contributed by atoms with Crippen molar-refractivity contribution in [3.63, 3.8) is 0 Å². The number of sulfone groups is 2. The molecule has 0 spiro atoms. The number of rotatable bonds is 6. The molecule has 6 nitrogen and oxygen atoms in total. The van der Waals surface area contributed by atoms with Gasteiger partial charge in [0.2, 0.25) is 0 Å². The Balaban J connectivity index is 4.48. The van der Waals surface area contributed by atoms with Crippen LogP contribution in [0.4, 0.5) is 0 Å². The Kier molecular flexibility index (Phi) is 4.72. The minimum Gasteiger partial charge on any atom is -0.480 e. The molecule has 8 heteroatoms. The molecule has 0 aliphatic heterocycles. The molecule has 0 aliphatic carbocycles. The summed E-state index contributed by atoms with van der Waals surface area (Å²) < 4.78 is 44.6. The molecule has 0 saturated heterocycles. The molecule has 0 unspecified atom stereocenters. The Bertz CT molecular complexity index is 416. The van der Waals surface area contributed by atoms with Crippen LogP contribution in [0.3, 0.4) is 0 Å². The van der Waals surface area contributed by atoms with Crippen LogP contribution in [0.1, 0.15) is 13.8 Å². The van der Waals surface area contributed by atoms with Gasteiger partial charge in [-0.25, -0.2) is 16.8 Å². The highest BCUT2D eigenvalue weighted by Gasteiger charge is 2.22. The van der Waals surface area contributed by atoms with Gasteiger partial charge in [-0.3, -0.25) is 4.79 Å². The van der Waals surface area contributed by atoms with Gasteiger partial charge >= 0.3 is 5.97 Å². The molecule has 0 amide bonds. The normalized spacial score (nSPS) is 13.0. The quantitative estimate of drug-likeness (QED) is 0.676. The van der Waals surface area contributed by atoms with Crippen LogP contribution in [-0.4, -0.2) is 50.4 Å². The van der Waals surface area contributed by atoms with E-state index in [4.69, 9.17) is 5.11 Å². The van der Waals surface area contributed by atoms with E-state index < -0.39 is 48.2 Å². The first-order valence-corrected chi connectivity index (χ1v) is 7.74. The zero-order valence-corrected chi connectivity index (χ0v) is 10.1. The molecule has 90 valence electrons. The fraction of sp³-hybridized carbons (Fsp3) is 0.857. The van der Waals surface area contributed by atoms with Gasteiger partial charge in [-0.1, -0.05) is 0 Å². The summed E-state index contributed by atoms with van der Waals surface area (Å²) in [7, 11) is -7.27. The molecule has 0 aromatic heterocycles. The third-order valence-electron chi connectivity index (χ3n) is 1.74. The molecule has 0 aromatic rings. The fourth-order valence-corrected chi connectivity index (χ4v) is 3.68. The molecule has 0 atom stereocenters. The van der Waals surface area contributed by atoms with Crippen LogP contribution < -0.4 is 0 Å². The van der Waals surface area contributed by atoms with Gasteiger partial charge in [-0.05, 0) is 13.8 Å². The van der Waals surface area contributed by atoms with Crippen molar-refractivity contribution in [2.45, 2.75) is 19.1 Å². The van der Waals surface area contributed by atoms with E-state index in [-0.39, 0.29) is 0 Å². The Labute approximate surface area is 89.1 Å². The maximum atomic E-state index is 11.3. The number of hydrogen-bond donors (Lipinski definition) is 1. The molecular formula is C7H14O6S2. The maximum absolute atomic E-state index is 11.3. The topological polar surface area (TPSA) is 106 Å². The lowest BCUT2D eigenvalue weighted by atomic mass is 10.6. The van der Waals surface area contributed by atoms with Crippen molar-refractivity contribution < 1.29 is 26.7 Å². The van der Waals surface area contributed by atoms with Crippen LogP contribution in [0.2, 0.25) is 0 Å². The average molecular weight is 258 g/mol. The smallest absolute Gasteiger partial charge is 0.318 e. The van der Waals surface area contributed by atoms with Gasteiger partial charge in [0, 0.05) is 0 Å². The van der Waals surface area contributed by atoms with Crippen LogP contribution in [0.15, 0.2) is 0 Å². The van der Waals surface area contributed by atoms with Crippen LogP contribution >= 0.6 is 0 Å². The van der Waals surface area contributed by atoms with Crippen molar-refractivity contribution in [2.24, 2.45) is 0 Å². The van der Waals surface area contributed by atoms with Gasteiger partial charge in [0.25, 0.3) is 0 Å². The summed E-state index contributed by atoms with van der Waals surface area (Å²) in [6.45, 7) is 2.89. The molecular weight excluding hydrogens is 244 g/mol. The second-order valence-corrected chi connectivity index (χ2v) is 8.26. The largest absolute Gasteiger partial charge is 0.480 e. The molecule has 0 saturated carbocycles. The third kappa shape index (κ3) is 5.73. The Morgan fingerprint density at radius 3 is 1.93 bits per heavy atom. The van der Waals surface area contributed by atoms with E-state index >= 15 is 0 Å². The van der Waals surface area contributed by atoms with Gasteiger partial charge < -0.3 is 5.11 Å². The van der Waals surface area contributed by atoms with E-state index in [1.54, 1.807) is 0 Å². The predicted molar refractivity (Wildman–Crippen MR) is 55.2 cm³/mol. The molecule has 0 radical (unpaired) electrons. The number of carboxylic acids is 1. The molecule has 0 aromatic carbocycles. The molecule has 0 aliphatic rings. The predicted octanol–water partition coefficient (Wildman–Crippen LogP) is -0.691. The zero-order valence-electron chi connectivity index (χ0n) is 8.50. The second kappa shape index (κ2) is 4.93. The molecule has 15 heavy (non-hydrogen) atoms. The van der Waals surface area contributed by atoms with Gasteiger partial charge in [-0.15, -0.1) is 0 Å². The molecule has 0 fully saturated rings. The van der Waals surface area contributed by atoms with Gasteiger partial charge in [0.15, 0.2) is 19.7 Å². The second-order valence-electron chi connectivity index (χ2n) is 3.40. The van der Waals surface area contributed by atoms with E-state index in [9.17, 15) is 21.6 Å². The van der Waals surface area contributed by atoms with Gasteiger partial charge in [-0.2, -0.15) is 0 Å². The van der Waals surface area contributed by atoms with E-state index in [1.807, 2.05) is 0 Å². The summed E-state index contributed by atoms with van der Waals surface area (Å²) in [4.78, 5) is 10.1. The highest BCUT2D eigenvalue weighted by Crippen LogP contribution is 2.02. The number of carboxylic acid groups (broad SMARTS) is 1. The van der Waals surface area contributed by atoms with E-state index in [1.165, 1.54) is 13.8 Å². The first kappa shape index (κ1) is 14.4. The van der Waals surface area contributed by atoms with Crippen LogP contribution in [0, 0.1) is 0 Å². The van der Waals surface area contributed by atoms with E-state index in [2.05, 4.69) is 0 Å².